The molecule has 34 heavy (non-hydrogen) atoms. The molecule has 0 radical (unpaired) electrons. The van der Waals surface area contributed by atoms with Gasteiger partial charge in [-0.3, -0.25) is 9.59 Å². The minimum Gasteiger partial charge on any atom is -0.349 e. The number of amides is 2. The average molecular weight is 498 g/mol. The second kappa shape index (κ2) is 9.57. The topological polar surface area (TPSA) is 79.6 Å². The molecular weight excluding hydrogens is 478 g/mol. The summed E-state index contributed by atoms with van der Waals surface area (Å²) in [5.74, 6) is -1.34. The Morgan fingerprint density at radius 3 is 2.71 bits per heavy atom. The third kappa shape index (κ3) is 4.98. The molecule has 1 aliphatic rings. The van der Waals surface area contributed by atoms with Crippen LogP contribution in [0.2, 0.25) is 5.02 Å². The number of hydrogen-bond donors (Lipinski definition) is 1. The molecular formula is C22H20ClF4N5O2. The van der Waals surface area contributed by atoms with Gasteiger partial charge in [-0.1, -0.05) is 11.6 Å². The van der Waals surface area contributed by atoms with E-state index in [9.17, 15) is 27.2 Å². The standard InChI is InChI=1S/C22H20ClF4N5O2/c23-16-11-13(24)4-6-17(16)31-10-2-1-3-14(5-7-19(31)33)30-21(34)15-12-29-32-18(22(25,26)27)8-9-28-20(15)32/h4,6,8-9,11-12,14H,1-3,5,7,10H2,(H,30,34)/t14-/m1/s1. The summed E-state index contributed by atoms with van der Waals surface area (Å²) in [7, 11) is 0. The van der Waals surface area contributed by atoms with Gasteiger partial charge in [0.25, 0.3) is 5.91 Å². The fraction of sp³-hybridized carbons (Fsp3) is 0.364. The molecule has 180 valence electrons. The lowest BCUT2D eigenvalue weighted by Crippen LogP contribution is -2.36. The van der Waals surface area contributed by atoms with E-state index in [0.29, 0.717) is 42.4 Å². The van der Waals surface area contributed by atoms with E-state index >= 15 is 0 Å². The van der Waals surface area contributed by atoms with Gasteiger partial charge < -0.3 is 10.2 Å². The minimum absolute atomic E-state index is 0.0861. The van der Waals surface area contributed by atoms with E-state index < -0.39 is 23.6 Å². The van der Waals surface area contributed by atoms with Gasteiger partial charge in [0.15, 0.2) is 5.65 Å². The number of halogens is 5. The normalized spacial score (nSPS) is 17.9. The van der Waals surface area contributed by atoms with Crippen LogP contribution in [-0.4, -0.2) is 39.0 Å². The van der Waals surface area contributed by atoms with Crippen molar-refractivity contribution in [3.63, 3.8) is 0 Å². The van der Waals surface area contributed by atoms with Gasteiger partial charge in [0.2, 0.25) is 5.91 Å². The van der Waals surface area contributed by atoms with Crippen LogP contribution in [0, 0.1) is 5.82 Å². The molecule has 0 saturated carbocycles. The Morgan fingerprint density at radius 2 is 1.97 bits per heavy atom. The summed E-state index contributed by atoms with van der Waals surface area (Å²) in [6.45, 7) is 0.392. The van der Waals surface area contributed by atoms with Gasteiger partial charge in [0, 0.05) is 25.2 Å². The highest BCUT2D eigenvalue weighted by Gasteiger charge is 2.35. The summed E-state index contributed by atoms with van der Waals surface area (Å²) in [4.78, 5) is 31.1. The molecule has 1 N–H and O–H groups in total. The van der Waals surface area contributed by atoms with Gasteiger partial charge in [0.05, 0.1) is 16.9 Å². The van der Waals surface area contributed by atoms with Gasteiger partial charge in [-0.05, 0) is 49.9 Å². The molecule has 2 amide bonds. The molecule has 1 aromatic carbocycles. The SMILES string of the molecule is O=C(N[C@@H]1CCCCN(c2ccc(F)cc2Cl)C(=O)CC1)c1cnn2c(C(F)(F)F)ccnc12. The third-order valence-electron chi connectivity index (χ3n) is 5.66. The number of hydrogen-bond acceptors (Lipinski definition) is 4. The molecule has 3 heterocycles. The first-order valence-electron chi connectivity index (χ1n) is 10.6. The second-order valence-corrected chi connectivity index (χ2v) is 8.37. The Balaban J connectivity index is 1.48. The van der Waals surface area contributed by atoms with Crippen molar-refractivity contribution in [2.24, 2.45) is 0 Å². The summed E-state index contributed by atoms with van der Waals surface area (Å²) in [6.07, 6.45) is -0.333. The number of aromatic nitrogens is 3. The van der Waals surface area contributed by atoms with Gasteiger partial charge in [0.1, 0.15) is 17.1 Å². The molecule has 3 aromatic rings. The van der Waals surface area contributed by atoms with Crippen LogP contribution in [-0.2, 0) is 11.0 Å². The number of carbonyl (C=O) groups excluding carboxylic acids is 2. The maximum absolute atomic E-state index is 13.4. The van der Waals surface area contributed by atoms with Crippen molar-refractivity contribution in [1.82, 2.24) is 19.9 Å². The molecule has 12 heteroatoms. The minimum atomic E-state index is -4.65. The van der Waals surface area contributed by atoms with Crippen LogP contribution in [0.4, 0.5) is 23.2 Å². The third-order valence-corrected chi connectivity index (χ3v) is 5.97. The van der Waals surface area contributed by atoms with E-state index in [0.717, 1.165) is 24.5 Å². The smallest absolute Gasteiger partial charge is 0.349 e. The number of fused-ring (bicyclic) bond motifs is 1. The Hall–Kier alpha value is -3.21. The lowest BCUT2D eigenvalue weighted by molar-refractivity contribution is -0.142. The highest BCUT2D eigenvalue weighted by molar-refractivity contribution is 6.33. The Kier molecular flexibility index (Phi) is 6.74. The van der Waals surface area contributed by atoms with Crippen LogP contribution in [0.15, 0.2) is 36.7 Å². The number of benzene rings is 1. The summed E-state index contributed by atoms with van der Waals surface area (Å²) >= 11 is 6.13. The fourth-order valence-corrected chi connectivity index (χ4v) is 4.26. The molecule has 0 unspecified atom stereocenters. The number of carbonyl (C=O) groups is 2. The van der Waals surface area contributed by atoms with Gasteiger partial charge in [-0.15, -0.1) is 0 Å². The molecule has 0 bridgehead atoms. The summed E-state index contributed by atoms with van der Waals surface area (Å²) in [5.41, 5.74) is -0.904. The number of alkyl halides is 3. The Bertz CT molecular complexity index is 1230. The van der Waals surface area contributed by atoms with Gasteiger partial charge in [-0.2, -0.15) is 18.3 Å². The van der Waals surface area contributed by atoms with Crippen LogP contribution < -0.4 is 10.2 Å². The maximum atomic E-state index is 13.4. The van der Waals surface area contributed by atoms with Crippen molar-refractivity contribution >= 4 is 34.7 Å². The number of rotatable bonds is 3. The maximum Gasteiger partial charge on any atom is 0.433 e. The van der Waals surface area contributed by atoms with E-state index in [1.54, 1.807) is 0 Å². The van der Waals surface area contributed by atoms with Crippen LogP contribution >= 0.6 is 11.6 Å². The molecule has 1 saturated heterocycles. The lowest BCUT2D eigenvalue weighted by Gasteiger charge is -2.23. The van der Waals surface area contributed by atoms with Crippen molar-refractivity contribution < 1.29 is 27.2 Å². The summed E-state index contributed by atoms with van der Waals surface area (Å²) in [5, 5.41) is 6.63. The monoisotopic (exact) mass is 497 g/mol. The first-order valence-corrected chi connectivity index (χ1v) is 11.0. The highest BCUT2D eigenvalue weighted by Crippen LogP contribution is 2.30. The average Bonchev–Trinajstić information content (AvgIpc) is 3.23. The molecule has 1 atom stereocenters. The molecule has 0 spiro atoms. The molecule has 2 aromatic heterocycles. The Labute approximate surface area is 196 Å². The van der Waals surface area contributed by atoms with Gasteiger partial charge in [-0.25, -0.2) is 13.9 Å². The molecule has 0 aliphatic carbocycles. The zero-order valence-corrected chi connectivity index (χ0v) is 18.5. The predicted molar refractivity (Wildman–Crippen MR) is 116 cm³/mol. The number of nitrogens with one attached hydrogen (secondary N) is 1. The zero-order valence-electron chi connectivity index (χ0n) is 17.8. The predicted octanol–water partition coefficient (Wildman–Crippen LogP) is 4.64. The van der Waals surface area contributed by atoms with Crippen molar-refractivity contribution in [3.8, 4) is 0 Å². The Morgan fingerprint density at radius 1 is 1.18 bits per heavy atom. The zero-order chi connectivity index (χ0) is 24.5. The van der Waals surface area contributed by atoms with Crippen LogP contribution in [0.1, 0.15) is 48.2 Å². The van der Waals surface area contributed by atoms with Crippen molar-refractivity contribution in [2.75, 3.05) is 11.4 Å². The second-order valence-electron chi connectivity index (χ2n) is 7.97. The van der Waals surface area contributed by atoms with Crippen molar-refractivity contribution in [2.45, 2.75) is 44.3 Å². The number of anilines is 1. The lowest BCUT2D eigenvalue weighted by atomic mass is 10.0. The molecule has 4 rings (SSSR count). The van der Waals surface area contributed by atoms with E-state index in [-0.39, 0.29) is 34.6 Å². The van der Waals surface area contributed by atoms with Crippen LogP contribution in [0.25, 0.3) is 5.65 Å². The summed E-state index contributed by atoms with van der Waals surface area (Å²) < 4.78 is 53.6. The first-order chi connectivity index (χ1) is 16.1. The van der Waals surface area contributed by atoms with E-state index in [2.05, 4.69) is 15.4 Å². The highest BCUT2D eigenvalue weighted by atomic mass is 35.5. The quantitative estimate of drug-likeness (QED) is 0.535. The molecule has 1 aliphatic heterocycles. The van der Waals surface area contributed by atoms with E-state index in [1.165, 1.54) is 17.0 Å². The van der Waals surface area contributed by atoms with Crippen molar-refractivity contribution in [1.29, 1.82) is 0 Å². The van der Waals surface area contributed by atoms with E-state index in [1.807, 2.05) is 0 Å². The largest absolute Gasteiger partial charge is 0.433 e. The summed E-state index contributed by atoms with van der Waals surface area (Å²) in [6, 6.07) is 4.25. The molecule has 7 nitrogen and oxygen atoms in total. The number of nitrogens with zero attached hydrogens (tertiary/aromatic N) is 4. The van der Waals surface area contributed by atoms with Crippen LogP contribution in [0.5, 0.6) is 0 Å². The van der Waals surface area contributed by atoms with Crippen LogP contribution in [0.3, 0.4) is 0 Å². The van der Waals surface area contributed by atoms with E-state index in [4.69, 9.17) is 11.6 Å². The molecule has 1 fully saturated rings. The first kappa shape index (κ1) is 23.9. The van der Waals surface area contributed by atoms with Gasteiger partial charge >= 0.3 is 6.18 Å². The van der Waals surface area contributed by atoms with Crippen molar-refractivity contribution in [3.05, 3.63) is 58.8 Å². The fourth-order valence-electron chi connectivity index (χ4n) is 3.99.